The zero-order chi connectivity index (χ0) is 17.3. The lowest BCUT2D eigenvalue weighted by Crippen LogP contribution is -2.25. The van der Waals surface area contributed by atoms with Crippen molar-refractivity contribution < 1.29 is 9.50 Å². The SMILES string of the molecule is Cc1ncccc1-n1c(=O)nc(NCCO)c2c(F)cc(Cl)cc21. The van der Waals surface area contributed by atoms with Crippen molar-refractivity contribution in [1.29, 1.82) is 0 Å². The molecule has 0 aliphatic heterocycles. The van der Waals surface area contributed by atoms with Crippen LogP contribution in [0.3, 0.4) is 0 Å². The lowest BCUT2D eigenvalue weighted by atomic mass is 10.2. The maximum absolute atomic E-state index is 14.5. The van der Waals surface area contributed by atoms with Gasteiger partial charge in [0.05, 0.1) is 28.9 Å². The molecule has 2 N–H and O–H groups in total. The third kappa shape index (κ3) is 2.83. The fourth-order valence-electron chi connectivity index (χ4n) is 2.52. The first-order valence-corrected chi connectivity index (χ1v) is 7.59. The number of halogens is 2. The molecule has 0 bridgehead atoms. The number of aryl methyl sites for hydroxylation is 1. The number of aliphatic hydroxyl groups excluding tert-OH is 1. The lowest BCUT2D eigenvalue weighted by molar-refractivity contribution is 0.311. The number of pyridine rings is 1. The van der Waals surface area contributed by atoms with E-state index in [1.54, 1.807) is 25.3 Å². The molecule has 24 heavy (non-hydrogen) atoms. The van der Waals surface area contributed by atoms with Crippen molar-refractivity contribution in [2.45, 2.75) is 6.92 Å². The van der Waals surface area contributed by atoms with Gasteiger partial charge < -0.3 is 10.4 Å². The van der Waals surface area contributed by atoms with E-state index in [9.17, 15) is 9.18 Å². The van der Waals surface area contributed by atoms with Gasteiger partial charge in [-0.05, 0) is 31.2 Å². The van der Waals surface area contributed by atoms with Crippen molar-refractivity contribution in [1.82, 2.24) is 14.5 Å². The summed E-state index contributed by atoms with van der Waals surface area (Å²) in [6.07, 6.45) is 1.60. The number of aliphatic hydroxyl groups is 1. The van der Waals surface area contributed by atoms with Crippen LogP contribution in [-0.4, -0.2) is 32.8 Å². The highest BCUT2D eigenvalue weighted by molar-refractivity contribution is 6.31. The maximum Gasteiger partial charge on any atom is 0.354 e. The molecule has 8 heteroatoms. The number of benzene rings is 1. The Balaban J connectivity index is 2.41. The molecule has 0 saturated carbocycles. The van der Waals surface area contributed by atoms with Crippen LogP contribution < -0.4 is 11.0 Å². The van der Waals surface area contributed by atoms with Crippen LogP contribution in [0.5, 0.6) is 0 Å². The number of fused-ring (bicyclic) bond motifs is 1. The first-order valence-electron chi connectivity index (χ1n) is 7.21. The van der Waals surface area contributed by atoms with E-state index in [0.29, 0.717) is 11.4 Å². The van der Waals surface area contributed by atoms with Crippen LogP contribution in [0.25, 0.3) is 16.6 Å². The molecule has 3 aromatic rings. The molecule has 0 unspecified atom stereocenters. The summed E-state index contributed by atoms with van der Waals surface area (Å²) in [6, 6.07) is 6.03. The number of rotatable bonds is 4. The van der Waals surface area contributed by atoms with Gasteiger partial charge in [-0.2, -0.15) is 4.98 Å². The predicted molar refractivity (Wildman–Crippen MR) is 90.4 cm³/mol. The fraction of sp³-hybridized carbons (Fsp3) is 0.188. The van der Waals surface area contributed by atoms with E-state index in [4.69, 9.17) is 16.7 Å². The van der Waals surface area contributed by atoms with Gasteiger partial charge in [0.15, 0.2) is 0 Å². The minimum atomic E-state index is -0.610. The van der Waals surface area contributed by atoms with Crippen molar-refractivity contribution in [3.05, 3.63) is 57.5 Å². The Morgan fingerprint density at radius 3 is 2.92 bits per heavy atom. The molecule has 0 spiro atoms. The molecular weight excluding hydrogens is 335 g/mol. The van der Waals surface area contributed by atoms with E-state index in [0.717, 1.165) is 6.07 Å². The zero-order valence-corrected chi connectivity index (χ0v) is 13.5. The van der Waals surface area contributed by atoms with Gasteiger partial charge in [-0.25, -0.2) is 9.18 Å². The smallest absolute Gasteiger partial charge is 0.354 e. The summed E-state index contributed by atoms with van der Waals surface area (Å²) in [5.41, 5.74) is 0.770. The Labute approximate surface area is 141 Å². The Kier molecular flexibility index (Phi) is 4.46. The molecule has 6 nitrogen and oxygen atoms in total. The Morgan fingerprint density at radius 2 is 2.21 bits per heavy atom. The number of aromatic nitrogens is 3. The summed E-state index contributed by atoms with van der Waals surface area (Å²) >= 11 is 5.98. The molecule has 2 aromatic heterocycles. The Hall–Kier alpha value is -2.51. The van der Waals surface area contributed by atoms with Crippen LogP contribution in [-0.2, 0) is 0 Å². The first kappa shape index (κ1) is 16.4. The molecule has 0 saturated heterocycles. The molecular formula is C16H14ClFN4O2. The highest BCUT2D eigenvalue weighted by atomic mass is 35.5. The minimum absolute atomic E-state index is 0.0658. The van der Waals surface area contributed by atoms with Gasteiger partial charge >= 0.3 is 5.69 Å². The molecule has 0 aliphatic carbocycles. The average molecular weight is 349 g/mol. The third-order valence-electron chi connectivity index (χ3n) is 3.53. The summed E-state index contributed by atoms with van der Waals surface area (Å²) in [5, 5.41) is 12.0. The number of nitrogens with zero attached hydrogens (tertiary/aromatic N) is 3. The number of anilines is 1. The molecule has 0 fully saturated rings. The molecule has 3 rings (SSSR count). The van der Waals surface area contributed by atoms with E-state index in [1.807, 2.05) is 0 Å². The van der Waals surface area contributed by atoms with Crippen LogP contribution in [0.4, 0.5) is 10.2 Å². The van der Waals surface area contributed by atoms with E-state index in [1.165, 1.54) is 10.6 Å². The normalized spacial score (nSPS) is 11.0. The fourth-order valence-corrected chi connectivity index (χ4v) is 2.72. The molecule has 0 aliphatic rings. The second kappa shape index (κ2) is 6.54. The molecule has 0 amide bonds. The van der Waals surface area contributed by atoms with Crippen LogP contribution in [0.2, 0.25) is 5.02 Å². The lowest BCUT2D eigenvalue weighted by Gasteiger charge is -2.15. The van der Waals surface area contributed by atoms with E-state index in [-0.39, 0.29) is 34.9 Å². The van der Waals surface area contributed by atoms with Gasteiger partial charge in [-0.3, -0.25) is 9.55 Å². The third-order valence-corrected chi connectivity index (χ3v) is 3.75. The molecule has 124 valence electrons. The van der Waals surface area contributed by atoms with Gasteiger partial charge in [0, 0.05) is 17.8 Å². The van der Waals surface area contributed by atoms with Crippen molar-refractivity contribution >= 4 is 28.3 Å². The van der Waals surface area contributed by atoms with Gasteiger partial charge in [0.25, 0.3) is 0 Å². The van der Waals surface area contributed by atoms with Crippen molar-refractivity contribution in [3.63, 3.8) is 0 Å². The minimum Gasteiger partial charge on any atom is -0.395 e. The van der Waals surface area contributed by atoms with Crippen LogP contribution in [0.1, 0.15) is 5.69 Å². The van der Waals surface area contributed by atoms with Crippen LogP contribution >= 0.6 is 11.6 Å². The van der Waals surface area contributed by atoms with E-state index >= 15 is 0 Å². The van der Waals surface area contributed by atoms with Gasteiger partial charge in [0.2, 0.25) is 0 Å². The number of hydrogen-bond donors (Lipinski definition) is 2. The average Bonchev–Trinajstić information content (AvgIpc) is 2.53. The Morgan fingerprint density at radius 1 is 1.42 bits per heavy atom. The zero-order valence-electron chi connectivity index (χ0n) is 12.8. The molecule has 1 aromatic carbocycles. The number of nitrogens with one attached hydrogen (secondary N) is 1. The van der Waals surface area contributed by atoms with Crippen LogP contribution in [0, 0.1) is 12.7 Å². The van der Waals surface area contributed by atoms with Crippen molar-refractivity contribution in [2.75, 3.05) is 18.5 Å². The largest absolute Gasteiger partial charge is 0.395 e. The van der Waals surface area contributed by atoms with Gasteiger partial charge in [0.1, 0.15) is 11.6 Å². The summed E-state index contributed by atoms with van der Waals surface area (Å²) in [4.78, 5) is 20.6. The monoisotopic (exact) mass is 348 g/mol. The second-order valence-corrected chi connectivity index (χ2v) is 5.55. The van der Waals surface area contributed by atoms with E-state index in [2.05, 4.69) is 15.3 Å². The van der Waals surface area contributed by atoms with Gasteiger partial charge in [-0.15, -0.1) is 0 Å². The highest BCUT2D eigenvalue weighted by Gasteiger charge is 2.17. The summed E-state index contributed by atoms with van der Waals surface area (Å²) in [7, 11) is 0. The highest BCUT2D eigenvalue weighted by Crippen LogP contribution is 2.28. The predicted octanol–water partition coefficient (Wildman–Crippen LogP) is 2.29. The number of hydrogen-bond acceptors (Lipinski definition) is 5. The van der Waals surface area contributed by atoms with Crippen molar-refractivity contribution in [3.8, 4) is 5.69 Å². The summed E-state index contributed by atoms with van der Waals surface area (Å²) < 4.78 is 15.8. The molecule has 2 heterocycles. The first-order chi connectivity index (χ1) is 11.5. The molecule has 0 atom stereocenters. The van der Waals surface area contributed by atoms with Crippen molar-refractivity contribution in [2.24, 2.45) is 0 Å². The topological polar surface area (TPSA) is 80.0 Å². The Bertz CT molecular complexity index is 974. The van der Waals surface area contributed by atoms with E-state index < -0.39 is 11.5 Å². The maximum atomic E-state index is 14.5. The van der Waals surface area contributed by atoms with Crippen LogP contribution in [0.15, 0.2) is 35.3 Å². The van der Waals surface area contributed by atoms with Gasteiger partial charge in [-0.1, -0.05) is 11.6 Å². The molecule has 0 radical (unpaired) electrons. The quantitative estimate of drug-likeness (QED) is 0.756. The summed E-state index contributed by atoms with van der Waals surface area (Å²) in [5.74, 6) is -0.545. The summed E-state index contributed by atoms with van der Waals surface area (Å²) in [6.45, 7) is 1.70. The standard InChI is InChI=1S/C16H14ClFN4O2/c1-9-12(3-2-4-19-9)22-13-8-10(17)7-11(18)14(13)15(20-5-6-23)21-16(22)24/h2-4,7-8,23H,5-6H2,1H3,(H,20,21,24). The second-order valence-electron chi connectivity index (χ2n) is 5.12.